The van der Waals surface area contributed by atoms with E-state index in [0.717, 1.165) is 22.6 Å². The van der Waals surface area contributed by atoms with E-state index < -0.39 is 0 Å². The predicted octanol–water partition coefficient (Wildman–Crippen LogP) is 2.76. The molecule has 2 aromatic rings. The second kappa shape index (κ2) is 6.59. The molecule has 0 aliphatic rings. The number of hydrogen-bond donors (Lipinski definition) is 1. The lowest BCUT2D eigenvalue weighted by Gasteiger charge is -2.26. The van der Waals surface area contributed by atoms with Gasteiger partial charge < -0.3 is 14.3 Å². The average molecular weight is 275 g/mol. The van der Waals surface area contributed by atoms with Crippen molar-refractivity contribution in [2.24, 2.45) is 0 Å². The number of aryl methyl sites for hydroxylation is 1. The summed E-state index contributed by atoms with van der Waals surface area (Å²) in [6.45, 7) is 2.74. The highest BCUT2D eigenvalue weighted by atomic mass is 16.5. The molecule has 0 saturated carbocycles. The number of aliphatic hydroxyl groups excluding tert-OH is 1. The minimum atomic E-state index is -0.0644. The van der Waals surface area contributed by atoms with Crippen LogP contribution in [0.1, 0.15) is 22.9 Å². The molecule has 1 unspecified atom stereocenters. The van der Waals surface area contributed by atoms with Crippen LogP contribution in [0.15, 0.2) is 41.0 Å². The summed E-state index contributed by atoms with van der Waals surface area (Å²) in [6, 6.07) is 9.65. The van der Waals surface area contributed by atoms with E-state index in [0.29, 0.717) is 6.54 Å². The number of aliphatic hydroxyl groups is 1. The number of methoxy groups -OCH3 is 1. The summed E-state index contributed by atoms with van der Waals surface area (Å²) in [6.07, 6.45) is 1.69. The first kappa shape index (κ1) is 14.6. The fourth-order valence-corrected chi connectivity index (χ4v) is 2.23. The lowest BCUT2D eigenvalue weighted by atomic mass is 10.1. The van der Waals surface area contributed by atoms with Gasteiger partial charge in [0, 0.05) is 0 Å². The molecule has 1 aromatic carbocycles. The van der Waals surface area contributed by atoms with Gasteiger partial charge in [0.1, 0.15) is 11.5 Å². The van der Waals surface area contributed by atoms with Gasteiger partial charge in [-0.25, -0.2) is 0 Å². The molecule has 0 amide bonds. The summed E-state index contributed by atoms with van der Waals surface area (Å²) in [4.78, 5) is 2.08. The van der Waals surface area contributed by atoms with Gasteiger partial charge in [0.05, 0.1) is 32.6 Å². The molecule has 0 radical (unpaired) electrons. The zero-order chi connectivity index (χ0) is 14.5. The zero-order valence-electron chi connectivity index (χ0n) is 12.2. The summed E-state index contributed by atoms with van der Waals surface area (Å²) in [5.41, 5.74) is 2.18. The van der Waals surface area contributed by atoms with Gasteiger partial charge in [-0.05, 0) is 43.3 Å². The van der Waals surface area contributed by atoms with Crippen molar-refractivity contribution in [1.82, 2.24) is 4.90 Å². The van der Waals surface area contributed by atoms with Crippen LogP contribution in [0.25, 0.3) is 0 Å². The van der Waals surface area contributed by atoms with Crippen molar-refractivity contribution >= 4 is 0 Å². The van der Waals surface area contributed by atoms with Gasteiger partial charge in [-0.2, -0.15) is 0 Å². The smallest absolute Gasteiger partial charge is 0.120 e. The van der Waals surface area contributed by atoms with Crippen LogP contribution in [0.2, 0.25) is 0 Å². The lowest BCUT2D eigenvalue weighted by Crippen LogP contribution is -2.27. The Labute approximate surface area is 119 Å². The van der Waals surface area contributed by atoms with Crippen LogP contribution < -0.4 is 4.74 Å². The number of likely N-dealkylation sites (N-methyl/N-ethyl adjacent to an activating group) is 1. The van der Waals surface area contributed by atoms with Crippen molar-refractivity contribution in [3.8, 4) is 5.75 Å². The van der Waals surface area contributed by atoms with E-state index in [9.17, 15) is 5.11 Å². The fraction of sp³-hybridized carbons (Fsp3) is 0.375. The van der Waals surface area contributed by atoms with Gasteiger partial charge >= 0.3 is 0 Å². The van der Waals surface area contributed by atoms with Crippen LogP contribution >= 0.6 is 0 Å². The minimum absolute atomic E-state index is 0.0581. The van der Waals surface area contributed by atoms with Gasteiger partial charge in [-0.1, -0.05) is 12.1 Å². The lowest BCUT2D eigenvalue weighted by molar-refractivity contribution is 0.135. The molecule has 1 aromatic heterocycles. The largest absolute Gasteiger partial charge is 0.497 e. The third-order valence-electron chi connectivity index (χ3n) is 3.57. The zero-order valence-corrected chi connectivity index (χ0v) is 12.2. The van der Waals surface area contributed by atoms with Gasteiger partial charge in [0.25, 0.3) is 0 Å². The molecule has 1 N–H and O–H groups in total. The Hall–Kier alpha value is -1.78. The van der Waals surface area contributed by atoms with Crippen LogP contribution in [0.4, 0.5) is 0 Å². The maximum Gasteiger partial charge on any atom is 0.120 e. The molecular formula is C16H21NO3. The quantitative estimate of drug-likeness (QED) is 0.880. The predicted molar refractivity (Wildman–Crippen MR) is 77.7 cm³/mol. The molecule has 20 heavy (non-hydrogen) atoms. The van der Waals surface area contributed by atoms with Gasteiger partial charge in [0.15, 0.2) is 0 Å². The molecule has 0 fully saturated rings. The Kier molecular flexibility index (Phi) is 4.82. The highest BCUT2D eigenvalue weighted by Gasteiger charge is 2.18. The topological polar surface area (TPSA) is 45.8 Å². The number of furan rings is 1. The SMILES string of the molecule is COc1ccc(C(CO)N(C)Cc2occc2C)cc1. The number of nitrogens with zero attached hydrogens (tertiary/aromatic N) is 1. The third-order valence-corrected chi connectivity index (χ3v) is 3.57. The number of benzene rings is 1. The molecular weight excluding hydrogens is 254 g/mol. The van der Waals surface area contributed by atoms with Crippen molar-refractivity contribution in [3.05, 3.63) is 53.5 Å². The second-order valence-electron chi connectivity index (χ2n) is 4.91. The highest BCUT2D eigenvalue weighted by Crippen LogP contribution is 2.24. The van der Waals surface area contributed by atoms with Crippen LogP contribution in [0, 0.1) is 6.92 Å². The fourth-order valence-electron chi connectivity index (χ4n) is 2.23. The van der Waals surface area contributed by atoms with E-state index in [2.05, 4.69) is 4.90 Å². The summed E-state index contributed by atoms with van der Waals surface area (Å²) in [5.74, 6) is 1.74. The van der Waals surface area contributed by atoms with E-state index in [-0.39, 0.29) is 12.6 Å². The summed E-state index contributed by atoms with van der Waals surface area (Å²) < 4.78 is 10.6. The van der Waals surface area contributed by atoms with E-state index >= 15 is 0 Å². The van der Waals surface area contributed by atoms with Gasteiger partial charge in [0.2, 0.25) is 0 Å². The van der Waals surface area contributed by atoms with Crippen molar-refractivity contribution in [2.45, 2.75) is 19.5 Å². The molecule has 1 heterocycles. The normalized spacial score (nSPS) is 12.7. The van der Waals surface area contributed by atoms with Crippen LogP contribution in [-0.4, -0.2) is 30.8 Å². The van der Waals surface area contributed by atoms with Crippen LogP contribution in [-0.2, 0) is 6.54 Å². The molecule has 0 aliphatic carbocycles. The minimum Gasteiger partial charge on any atom is -0.497 e. The Morgan fingerprint density at radius 3 is 2.45 bits per heavy atom. The molecule has 4 nitrogen and oxygen atoms in total. The van der Waals surface area contributed by atoms with Crippen molar-refractivity contribution in [1.29, 1.82) is 0 Å². The molecule has 108 valence electrons. The van der Waals surface area contributed by atoms with Gasteiger partial charge in [-0.3, -0.25) is 4.90 Å². The second-order valence-corrected chi connectivity index (χ2v) is 4.91. The molecule has 4 heteroatoms. The number of rotatable bonds is 6. The first-order valence-corrected chi connectivity index (χ1v) is 6.63. The third kappa shape index (κ3) is 3.21. The van der Waals surface area contributed by atoms with E-state index in [1.165, 1.54) is 0 Å². The number of ether oxygens (including phenoxy) is 1. The standard InChI is InChI=1S/C16H21NO3/c1-12-8-9-20-16(12)10-17(2)15(11-18)13-4-6-14(19-3)7-5-13/h4-9,15,18H,10-11H2,1-3H3. The monoisotopic (exact) mass is 275 g/mol. The van der Waals surface area contributed by atoms with Crippen LogP contribution in [0.3, 0.4) is 0 Å². The first-order valence-electron chi connectivity index (χ1n) is 6.63. The van der Waals surface area contributed by atoms with E-state index in [4.69, 9.17) is 9.15 Å². The Bertz CT molecular complexity index is 533. The van der Waals surface area contributed by atoms with E-state index in [1.54, 1.807) is 13.4 Å². The first-order chi connectivity index (χ1) is 9.65. The van der Waals surface area contributed by atoms with E-state index in [1.807, 2.05) is 44.3 Å². The molecule has 0 bridgehead atoms. The summed E-state index contributed by atoms with van der Waals surface area (Å²) >= 11 is 0. The molecule has 0 spiro atoms. The Balaban J connectivity index is 2.12. The highest BCUT2D eigenvalue weighted by molar-refractivity contribution is 5.29. The molecule has 2 rings (SSSR count). The maximum absolute atomic E-state index is 9.67. The number of hydrogen-bond acceptors (Lipinski definition) is 4. The molecule has 0 aliphatic heterocycles. The van der Waals surface area contributed by atoms with Crippen molar-refractivity contribution < 1.29 is 14.3 Å². The average Bonchev–Trinajstić information content (AvgIpc) is 2.86. The molecule has 1 atom stereocenters. The maximum atomic E-state index is 9.67. The van der Waals surface area contributed by atoms with Gasteiger partial charge in [-0.15, -0.1) is 0 Å². The summed E-state index contributed by atoms with van der Waals surface area (Å²) in [5, 5.41) is 9.67. The Morgan fingerprint density at radius 2 is 1.95 bits per heavy atom. The molecule has 0 saturated heterocycles. The summed E-state index contributed by atoms with van der Waals surface area (Å²) in [7, 11) is 3.62. The van der Waals surface area contributed by atoms with Crippen molar-refractivity contribution in [3.63, 3.8) is 0 Å². The van der Waals surface area contributed by atoms with Crippen LogP contribution in [0.5, 0.6) is 5.75 Å². The van der Waals surface area contributed by atoms with Crippen molar-refractivity contribution in [2.75, 3.05) is 20.8 Å². The Morgan fingerprint density at radius 1 is 1.25 bits per heavy atom.